The average Bonchev–Trinajstić information content (AvgIpc) is 3.04. The first kappa shape index (κ1) is 30.6. The number of urea groups is 1. The molecule has 0 aliphatic carbocycles. The molecule has 0 radical (unpaired) electrons. The number of rotatable bonds is 9. The molecule has 1 fully saturated rings. The SMILES string of the molecule is CNC(=O)c1ccc(NC(=O)Nc2ccc(-c3nc(-c4ccc(C)cc4)nc(N4CCOCC4)n3)cc2)cc1CCN(C)C. The van der Waals surface area contributed by atoms with Gasteiger partial charge in [-0.25, -0.2) is 9.78 Å². The highest BCUT2D eigenvalue weighted by atomic mass is 16.5. The van der Waals surface area contributed by atoms with Gasteiger partial charge in [0.1, 0.15) is 0 Å². The molecule has 2 heterocycles. The molecular weight excluding hydrogens is 556 g/mol. The van der Waals surface area contributed by atoms with Crippen LogP contribution >= 0.6 is 0 Å². The molecule has 0 atom stereocenters. The highest BCUT2D eigenvalue weighted by Gasteiger charge is 2.18. The van der Waals surface area contributed by atoms with Gasteiger partial charge in [-0.05, 0) is 75.5 Å². The van der Waals surface area contributed by atoms with Crippen LogP contribution in [0.15, 0.2) is 66.7 Å². The molecule has 1 saturated heterocycles. The smallest absolute Gasteiger partial charge is 0.323 e. The van der Waals surface area contributed by atoms with Crippen molar-refractivity contribution in [2.24, 2.45) is 0 Å². The third-order valence-corrected chi connectivity index (χ3v) is 7.29. The standard InChI is InChI=1S/C33H38N8O3/c1-22-5-7-23(8-6-22)29-37-30(39-32(38-29)41-17-19-44-20-18-41)24-9-11-26(12-10-24)35-33(43)36-27-13-14-28(31(42)34-2)25(21-27)15-16-40(3)4/h5-14,21H,15-20H2,1-4H3,(H,34,42)(H2,35,36,43). The Hall–Kier alpha value is -4.87. The fourth-order valence-corrected chi connectivity index (χ4v) is 4.80. The van der Waals surface area contributed by atoms with Crippen LogP contribution in [0.3, 0.4) is 0 Å². The van der Waals surface area contributed by atoms with Crippen molar-refractivity contribution in [1.29, 1.82) is 0 Å². The van der Waals surface area contributed by atoms with Crippen molar-refractivity contribution in [2.75, 3.05) is 69.5 Å². The van der Waals surface area contributed by atoms with Crippen LogP contribution in [0.5, 0.6) is 0 Å². The number of likely N-dealkylation sites (N-methyl/N-ethyl adjacent to an activating group) is 1. The quantitative estimate of drug-likeness (QED) is 0.260. The molecule has 4 aromatic rings. The molecule has 1 aromatic heterocycles. The predicted molar refractivity (Wildman–Crippen MR) is 173 cm³/mol. The fraction of sp³-hybridized carbons (Fsp3) is 0.303. The van der Waals surface area contributed by atoms with Gasteiger partial charge in [-0.3, -0.25) is 4.79 Å². The third-order valence-electron chi connectivity index (χ3n) is 7.29. The van der Waals surface area contributed by atoms with Gasteiger partial charge in [0.25, 0.3) is 5.91 Å². The van der Waals surface area contributed by atoms with E-state index in [0.29, 0.717) is 67.3 Å². The molecule has 0 saturated carbocycles. The highest BCUT2D eigenvalue weighted by Crippen LogP contribution is 2.25. The number of anilines is 3. The summed E-state index contributed by atoms with van der Waals surface area (Å²) in [6, 6.07) is 20.4. The summed E-state index contributed by atoms with van der Waals surface area (Å²) in [6.07, 6.45) is 0.671. The van der Waals surface area contributed by atoms with Crippen molar-refractivity contribution in [3.63, 3.8) is 0 Å². The lowest BCUT2D eigenvalue weighted by molar-refractivity contribution is 0.0962. The summed E-state index contributed by atoms with van der Waals surface area (Å²) < 4.78 is 5.52. The normalized spacial score (nSPS) is 13.1. The molecule has 228 valence electrons. The van der Waals surface area contributed by atoms with Gasteiger partial charge in [-0.1, -0.05) is 29.8 Å². The maximum Gasteiger partial charge on any atom is 0.323 e. The van der Waals surface area contributed by atoms with Crippen molar-refractivity contribution in [3.05, 3.63) is 83.4 Å². The molecule has 3 N–H and O–H groups in total. The van der Waals surface area contributed by atoms with Crippen LogP contribution in [0.1, 0.15) is 21.5 Å². The summed E-state index contributed by atoms with van der Waals surface area (Å²) in [5.41, 5.74) is 5.55. The van der Waals surface area contributed by atoms with Crippen LogP contribution in [0, 0.1) is 6.92 Å². The maximum absolute atomic E-state index is 12.9. The van der Waals surface area contributed by atoms with Crippen molar-refractivity contribution in [2.45, 2.75) is 13.3 Å². The van der Waals surface area contributed by atoms with E-state index >= 15 is 0 Å². The molecular formula is C33H38N8O3. The fourth-order valence-electron chi connectivity index (χ4n) is 4.80. The van der Waals surface area contributed by atoms with Gasteiger partial charge in [0, 0.05) is 54.7 Å². The van der Waals surface area contributed by atoms with Crippen LogP contribution < -0.4 is 20.9 Å². The molecule has 11 nitrogen and oxygen atoms in total. The minimum atomic E-state index is -0.388. The van der Waals surface area contributed by atoms with E-state index in [0.717, 1.165) is 28.8 Å². The summed E-state index contributed by atoms with van der Waals surface area (Å²) in [7, 11) is 5.57. The summed E-state index contributed by atoms with van der Waals surface area (Å²) in [4.78, 5) is 43.7. The van der Waals surface area contributed by atoms with E-state index in [1.165, 1.54) is 0 Å². The van der Waals surface area contributed by atoms with E-state index < -0.39 is 0 Å². The van der Waals surface area contributed by atoms with Crippen LogP contribution in [0.2, 0.25) is 0 Å². The predicted octanol–water partition coefficient (Wildman–Crippen LogP) is 4.46. The van der Waals surface area contributed by atoms with E-state index in [2.05, 4.69) is 20.9 Å². The number of aromatic nitrogens is 3. The largest absolute Gasteiger partial charge is 0.378 e. The number of aryl methyl sites for hydroxylation is 1. The lowest BCUT2D eigenvalue weighted by Gasteiger charge is -2.27. The molecule has 1 aliphatic rings. The number of morpholine rings is 1. The Balaban J connectivity index is 1.32. The third kappa shape index (κ3) is 7.74. The number of carbonyl (C=O) groups excluding carboxylic acids is 2. The maximum atomic E-state index is 12.9. The Morgan fingerprint density at radius 2 is 1.43 bits per heavy atom. The number of nitrogens with one attached hydrogen (secondary N) is 3. The van der Waals surface area contributed by atoms with E-state index in [9.17, 15) is 9.59 Å². The second-order valence-electron chi connectivity index (χ2n) is 10.9. The summed E-state index contributed by atoms with van der Waals surface area (Å²) in [6.45, 7) is 5.48. The van der Waals surface area contributed by atoms with Crippen LogP contribution in [-0.2, 0) is 11.2 Å². The zero-order valence-corrected chi connectivity index (χ0v) is 25.6. The molecule has 11 heteroatoms. The van der Waals surface area contributed by atoms with Gasteiger partial charge in [0.15, 0.2) is 11.6 Å². The zero-order chi connectivity index (χ0) is 31.1. The average molecular weight is 595 g/mol. The second-order valence-corrected chi connectivity index (χ2v) is 10.9. The first-order valence-electron chi connectivity index (χ1n) is 14.6. The van der Waals surface area contributed by atoms with Crippen molar-refractivity contribution >= 4 is 29.3 Å². The summed E-state index contributed by atoms with van der Waals surface area (Å²) >= 11 is 0. The van der Waals surface area contributed by atoms with Gasteiger partial charge in [0.05, 0.1) is 13.2 Å². The van der Waals surface area contributed by atoms with Crippen LogP contribution in [-0.4, -0.2) is 85.8 Å². The minimum Gasteiger partial charge on any atom is -0.378 e. The number of benzene rings is 3. The van der Waals surface area contributed by atoms with E-state index in [4.69, 9.17) is 19.7 Å². The van der Waals surface area contributed by atoms with Gasteiger partial charge < -0.3 is 30.5 Å². The Labute approximate surface area is 257 Å². The van der Waals surface area contributed by atoms with Crippen molar-refractivity contribution in [1.82, 2.24) is 25.2 Å². The van der Waals surface area contributed by atoms with Gasteiger partial charge in [-0.2, -0.15) is 9.97 Å². The molecule has 0 spiro atoms. The molecule has 3 aromatic carbocycles. The number of ether oxygens (including phenoxy) is 1. The topological polar surface area (TPSA) is 125 Å². The molecule has 3 amide bonds. The number of nitrogens with zero attached hydrogens (tertiary/aromatic N) is 5. The Morgan fingerprint density at radius 3 is 2.05 bits per heavy atom. The lowest BCUT2D eigenvalue weighted by Crippen LogP contribution is -2.37. The van der Waals surface area contributed by atoms with E-state index in [1.807, 2.05) is 80.5 Å². The molecule has 0 unspecified atom stereocenters. The van der Waals surface area contributed by atoms with Crippen molar-refractivity contribution in [3.8, 4) is 22.8 Å². The Kier molecular flexibility index (Phi) is 9.78. The highest BCUT2D eigenvalue weighted by molar-refractivity contribution is 6.01. The van der Waals surface area contributed by atoms with Crippen LogP contribution in [0.4, 0.5) is 22.1 Å². The van der Waals surface area contributed by atoms with Gasteiger partial charge in [0.2, 0.25) is 5.95 Å². The zero-order valence-electron chi connectivity index (χ0n) is 25.6. The molecule has 5 rings (SSSR count). The number of hydrogen-bond acceptors (Lipinski definition) is 8. The van der Waals surface area contributed by atoms with Gasteiger partial charge >= 0.3 is 6.03 Å². The van der Waals surface area contributed by atoms with Gasteiger partial charge in [-0.15, -0.1) is 0 Å². The second kappa shape index (κ2) is 14.1. The Morgan fingerprint density at radius 1 is 0.841 bits per heavy atom. The Bertz CT molecular complexity index is 1600. The van der Waals surface area contributed by atoms with Crippen molar-refractivity contribution < 1.29 is 14.3 Å². The molecule has 0 bridgehead atoms. The van der Waals surface area contributed by atoms with E-state index in [1.54, 1.807) is 19.2 Å². The molecule has 1 aliphatic heterocycles. The minimum absolute atomic E-state index is 0.156. The first-order chi connectivity index (χ1) is 21.3. The van der Waals surface area contributed by atoms with E-state index in [-0.39, 0.29) is 11.9 Å². The lowest BCUT2D eigenvalue weighted by atomic mass is 10.0. The summed E-state index contributed by atoms with van der Waals surface area (Å²) in [5, 5.41) is 8.44. The molecule has 44 heavy (non-hydrogen) atoms. The monoisotopic (exact) mass is 594 g/mol. The number of carbonyl (C=O) groups is 2. The number of hydrogen-bond donors (Lipinski definition) is 3. The first-order valence-corrected chi connectivity index (χ1v) is 14.6. The summed E-state index contributed by atoms with van der Waals surface area (Å²) in [5.74, 6) is 1.61. The van der Waals surface area contributed by atoms with Crippen LogP contribution in [0.25, 0.3) is 22.8 Å². The number of amides is 3.